The monoisotopic (exact) mass is 476 g/mol. The van der Waals surface area contributed by atoms with Crippen molar-refractivity contribution in [2.75, 3.05) is 6.61 Å². The van der Waals surface area contributed by atoms with Gasteiger partial charge in [0.15, 0.2) is 23.3 Å². The van der Waals surface area contributed by atoms with Crippen LogP contribution in [0, 0.1) is 29.2 Å². The summed E-state index contributed by atoms with van der Waals surface area (Å²) in [6.45, 7) is 4.76. The largest absolute Gasteiger partial charge is 0.378 e. The van der Waals surface area contributed by atoms with E-state index in [4.69, 9.17) is 4.74 Å². The highest BCUT2D eigenvalue weighted by Gasteiger charge is 2.31. The van der Waals surface area contributed by atoms with Crippen molar-refractivity contribution >= 4 is 0 Å². The summed E-state index contributed by atoms with van der Waals surface area (Å²) < 4.78 is 64.9. The number of halogens is 4. The van der Waals surface area contributed by atoms with Crippen LogP contribution in [0.1, 0.15) is 93.9 Å². The van der Waals surface area contributed by atoms with Gasteiger partial charge in [-0.05, 0) is 79.5 Å². The Morgan fingerprint density at radius 1 is 0.765 bits per heavy atom. The van der Waals surface area contributed by atoms with Gasteiger partial charge in [-0.3, -0.25) is 0 Å². The summed E-state index contributed by atoms with van der Waals surface area (Å²) >= 11 is 0. The average Bonchev–Trinajstić information content (AvgIpc) is 3.21. The molecule has 2 aliphatic rings. The zero-order valence-electron chi connectivity index (χ0n) is 20.4. The number of hydrogen-bond donors (Lipinski definition) is 0. The molecule has 1 saturated heterocycles. The Kier molecular flexibility index (Phi) is 8.34. The lowest BCUT2D eigenvalue weighted by atomic mass is 9.91. The molecule has 2 atom stereocenters. The van der Waals surface area contributed by atoms with E-state index in [1.54, 1.807) is 19.1 Å². The fourth-order valence-corrected chi connectivity index (χ4v) is 5.63. The second-order valence-corrected chi connectivity index (χ2v) is 10.1. The molecule has 0 aromatic heterocycles. The van der Waals surface area contributed by atoms with Gasteiger partial charge < -0.3 is 4.74 Å². The molecule has 0 saturated carbocycles. The Labute approximate surface area is 200 Å². The number of fused-ring (bicyclic) bond motifs is 3. The Morgan fingerprint density at radius 3 is 2.03 bits per heavy atom. The van der Waals surface area contributed by atoms with E-state index in [-0.39, 0.29) is 16.7 Å². The van der Waals surface area contributed by atoms with Crippen LogP contribution >= 0.6 is 0 Å². The summed E-state index contributed by atoms with van der Waals surface area (Å²) in [7, 11) is 0. The predicted molar refractivity (Wildman–Crippen MR) is 128 cm³/mol. The van der Waals surface area contributed by atoms with Crippen molar-refractivity contribution in [1.29, 1.82) is 0 Å². The standard InChI is InChI=1S/C29H36F4O/c1-3-5-6-11-23-13-12-18(17-34-23)9-7-8-10-20-15-22-16-21-14-19(4-2)26(30)28(32)24(21)25(22)29(33)27(20)31/h14-15,18,23H,3-13,16-17H2,1-2H3. The van der Waals surface area contributed by atoms with Crippen LogP contribution in [0.4, 0.5) is 17.6 Å². The van der Waals surface area contributed by atoms with Gasteiger partial charge in [0.2, 0.25) is 0 Å². The number of rotatable bonds is 10. The molecular weight excluding hydrogens is 440 g/mol. The van der Waals surface area contributed by atoms with E-state index in [9.17, 15) is 13.2 Å². The summed E-state index contributed by atoms with van der Waals surface area (Å²) in [5.41, 5.74) is 1.46. The first-order chi connectivity index (χ1) is 16.4. The average molecular weight is 477 g/mol. The van der Waals surface area contributed by atoms with Crippen molar-refractivity contribution < 1.29 is 22.3 Å². The molecule has 1 heterocycles. The number of unbranched alkanes of at least 4 members (excludes halogenated alkanes) is 3. The zero-order valence-corrected chi connectivity index (χ0v) is 20.4. The summed E-state index contributed by atoms with van der Waals surface area (Å²) in [5.74, 6) is -3.46. The molecule has 0 bridgehead atoms. The summed E-state index contributed by atoms with van der Waals surface area (Å²) in [6, 6.07) is 3.24. The van der Waals surface area contributed by atoms with Crippen molar-refractivity contribution in [3.8, 4) is 11.1 Å². The normalized spacial score (nSPS) is 19.4. The molecule has 186 valence electrons. The van der Waals surface area contributed by atoms with E-state index in [1.807, 2.05) is 0 Å². The first-order valence-electron chi connectivity index (χ1n) is 13.1. The van der Waals surface area contributed by atoms with Crippen molar-refractivity contribution in [3.63, 3.8) is 0 Å². The first-order valence-corrected chi connectivity index (χ1v) is 13.1. The molecule has 0 N–H and O–H groups in total. The van der Waals surface area contributed by atoms with Crippen LogP contribution in [-0.2, 0) is 24.0 Å². The van der Waals surface area contributed by atoms with Crippen LogP contribution in [0.5, 0.6) is 0 Å². The maximum Gasteiger partial charge on any atom is 0.167 e. The fraction of sp³-hybridized carbons (Fsp3) is 0.586. The fourth-order valence-electron chi connectivity index (χ4n) is 5.63. The Bertz CT molecular complexity index is 1010. The minimum Gasteiger partial charge on any atom is -0.378 e. The highest BCUT2D eigenvalue weighted by atomic mass is 19.2. The van der Waals surface area contributed by atoms with Gasteiger partial charge in [-0.15, -0.1) is 0 Å². The van der Waals surface area contributed by atoms with Crippen LogP contribution in [0.25, 0.3) is 11.1 Å². The van der Waals surface area contributed by atoms with Gasteiger partial charge in [0.05, 0.1) is 6.10 Å². The van der Waals surface area contributed by atoms with Gasteiger partial charge in [0.1, 0.15) is 0 Å². The lowest BCUT2D eigenvalue weighted by Crippen LogP contribution is -2.25. The number of benzene rings is 2. The van der Waals surface area contributed by atoms with Gasteiger partial charge in [0, 0.05) is 17.7 Å². The second-order valence-electron chi connectivity index (χ2n) is 10.1. The molecule has 0 radical (unpaired) electrons. The molecule has 1 nitrogen and oxygen atoms in total. The van der Waals surface area contributed by atoms with Crippen LogP contribution in [0.3, 0.4) is 0 Å². The van der Waals surface area contributed by atoms with Gasteiger partial charge in [0.25, 0.3) is 0 Å². The van der Waals surface area contributed by atoms with Gasteiger partial charge in [-0.2, -0.15) is 0 Å². The third kappa shape index (κ3) is 5.19. The third-order valence-electron chi connectivity index (χ3n) is 7.64. The maximum absolute atomic E-state index is 15.0. The highest BCUT2D eigenvalue weighted by Crippen LogP contribution is 2.43. The van der Waals surface area contributed by atoms with E-state index < -0.39 is 23.3 Å². The molecule has 2 aromatic carbocycles. The molecule has 0 spiro atoms. The molecule has 4 rings (SSSR count). The van der Waals surface area contributed by atoms with Crippen LogP contribution < -0.4 is 0 Å². The van der Waals surface area contributed by atoms with Crippen LogP contribution in [0.15, 0.2) is 12.1 Å². The Morgan fingerprint density at radius 2 is 1.41 bits per heavy atom. The lowest BCUT2D eigenvalue weighted by molar-refractivity contribution is -0.0232. The molecular formula is C29H36F4O. The Hall–Kier alpha value is -1.88. The van der Waals surface area contributed by atoms with Crippen molar-refractivity contribution in [1.82, 2.24) is 0 Å². The van der Waals surface area contributed by atoms with Crippen molar-refractivity contribution in [2.45, 2.75) is 97.0 Å². The summed E-state index contributed by atoms with van der Waals surface area (Å²) in [4.78, 5) is 0. The van der Waals surface area contributed by atoms with E-state index in [0.717, 1.165) is 38.7 Å². The topological polar surface area (TPSA) is 9.23 Å². The minimum atomic E-state index is -1.07. The molecule has 2 unspecified atom stereocenters. The zero-order chi connectivity index (χ0) is 24.2. The molecule has 1 aliphatic heterocycles. The smallest absolute Gasteiger partial charge is 0.167 e. The number of aryl methyl sites for hydroxylation is 2. The van der Waals surface area contributed by atoms with E-state index in [2.05, 4.69) is 6.92 Å². The van der Waals surface area contributed by atoms with Gasteiger partial charge in [-0.1, -0.05) is 51.7 Å². The highest BCUT2D eigenvalue weighted by molar-refractivity contribution is 5.79. The van der Waals surface area contributed by atoms with Crippen LogP contribution in [0.2, 0.25) is 0 Å². The second kappa shape index (κ2) is 11.2. The van der Waals surface area contributed by atoms with Crippen molar-refractivity contribution in [2.24, 2.45) is 5.92 Å². The quantitative estimate of drug-likeness (QED) is 0.211. The molecule has 5 heteroatoms. The lowest BCUT2D eigenvalue weighted by Gasteiger charge is -2.29. The third-order valence-corrected chi connectivity index (χ3v) is 7.64. The Balaban J connectivity index is 1.33. The number of ether oxygens (including phenoxy) is 1. The molecule has 34 heavy (non-hydrogen) atoms. The summed E-state index contributed by atoms with van der Waals surface area (Å²) in [6.07, 6.45) is 11.4. The summed E-state index contributed by atoms with van der Waals surface area (Å²) in [5, 5.41) is 0. The van der Waals surface area contributed by atoms with Gasteiger partial charge in [-0.25, -0.2) is 17.6 Å². The van der Waals surface area contributed by atoms with E-state index in [0.29, 0.717) is 48.0 Å². The maximum atomic E-state index is 15.0. The molecule has 2 aromatic rings. The van der Waals surface area contributed by atoms with Crippen LogP contribution in [-0.4, -0.2) is 12.7 Å². The van der Waals surface area contributed by atoms with E-state index >= 15 is 4.39 Å². The molecule has 1 aliphatic carbocycles. The van der Waals surface area contributed by atoms with Crippen molar-refractivity contribution in [3.05, 3.63) is 57.7 Å². The van der Waals surface area contributed by atoms with Gasteiger partial charge >= 0.3 is 0 Å². The molecule has 1 fully saturated rings. The predicted octanol–water partition coefficient (Wildman–Crippen LogP) is 8.46. The first kappa shape index (κ1) is 25.2. The number of hydrogen-bond acceptors (Lipinski definition) is 1. The molecule has 0 amide bonds. The minimum absolute atomic E-state index is 0.108. The SMILES string of the molecule is CCCCCC1CCC(CCCCc2cc3c(c(F)c2F)-c2c(cc(CC)c(F)c2F)C3)CO1. The van der Waals surface area contributed by atoms with E-state index in [1.165, 1.54) is 25.7 Å².